The van der Waals surface area contributed by atoms with Crippen LogP contribution >= 0.6 is 0 Å². The minimum atomic E-state index is -0.897. The number of ether oxygens (including phenoxy) is 1. The first kappa shape index (κ1) is 26.3. The summed E-state index contributed by atoms with van der Waals surface area (Å²) in [6, 6.07) is 20.3. The highest BCUT2D eigenvalue weighted by Gasteiger charge is 2.61. The van der Waals surface area contributed by atoms with Crippen molar-refractivity contribution in [2.24, 2.45) is 0 Å². The molecule has 1 aliphatic heterocycles. The Kier molecular flexibility index (Phi) is 7.54. The molecule has 0 radical (unpaired) electrons. The lowest BCUT2D eigenvalue weighted by atomic mass is 9.60. The van der Waals surface area contributed by atoms with Crippen LogP contribution in [0.2, 0.25) is 0 Å². The Morgan fingerprint density at radius 3 is 1.88 bits per heavy atom. The van der Waals surface area contributed by atoms with Crippen LogP contribution in [-0.4, -0.2) is 41.5 Å². The second kappa shape index (κ2) is 9.75. The molecule has 1 amide bonds. The van der Waals surface area contributed by atoms with Crippen molar-refractivity contribution in [3.63, 3.8) is 0 Å². The van der Waals surface area contributed by atoms with Crippen molar-refractivity contribution in [3.8, 4) is 0 Å². The van der Waals surface area contributed by atoms with Crippen molar-refractivity contribution in [2.45, 2.75) is 90.5 Å². The van der Waals surface area contributed by atoms with Gasteiger partial charge >= 0.3 is 13.2 Å². The van der Waals surface area contributed by atoms with Gasteiger partial charge in [0.15, 0.2) is 0 Å². The zero-order valence-corrected chi connectivity index (χ0v) is 22.1. The van der Waals surface area contributed by atoms with Crippen LogP contribution in [0.25, 0.3) is 0 Å². The molecule has 3 rings (SSSR count). The van der Waals surface area contributed by atoms with E-state index < -0.39 is 29.4 Å². The Balaban J connectivity index is 2.01. The number of rotatable bonds is 7. The van der Waals surface area contributed by atoms with Crippen LogP contribution in [0.1, 0.15) is 72.9 Å². The monoisotopic (exact) mass is 465 g/mol. The van der Waals surface area contributed by atoms with Crippen LogP contribution in [0.15, 0.2) is 60.7 Å². The average molecular weight is 465 g/mol. The van der Waals surface area contributed by atoms with Gasteiger partial charge in [0.2, 0.25) is 0 Å². The van der Waals surface area contributed by atoms with E-state index in [2.05, 4.69) is 12.1 Å². The number of carbonyl (C=O) groups is 1. The van der Waals surface area contributed by atoms with E-state index in [4.69, 9.17) is 14.0 Å². The summed E-state index contributed by atoms with van der Waals surface area (Å²) >= 11 is 0. The molecule has 34 heavy (non-hydrogen) atoms. The maximum absolute atomic E-state index is 13.7. The van der Waals surface area contributed by atoms with E-state index >= 15 is 0 Å². The van der Waals surface area contributed by atoms with E-state index in [-0.39, 0.29) is 6.09 Å². The van der Waals surface area contributed by atoms with Crippen molar-refractivity contribution in [2.75, 3.05) is 6.54 Å². The van der Waals surface area contributed by atoms with E-state index in [1.165, 1.54) is 5.56 Å². The fourth-order valence-corrected chi connectivity index (χ4v) is 4.18. The van der Waals surface area contributed by atoms with Crippen molar-refractivity contribution in [3.05, 3.63) is 71.8 Å². The lowest BCUT2D eigenvalue weighted by molar-refractivity contribution is 0.00516. The summed E-state index contributed by atoms with van der Waals surface area (Å²) in [6.45, 7) is 16.3. The predicted molar refractivity (Wildman–Crippen MR) is 138 cm³/mol. The van der Waals surface area contributed by atoms with Gasteiger partial charge in [0, 0.05) is 6.54 Å². The van der Waals surface area contributed by atoms with Gasteiger partial charge in [0.1, 0.15) is 11.0 Å². The third-order valence-electron chi connectivity index (χ3n) is 6.94. The normalized spacial score (nSPS) is 18.9. The number of amides is 1. The second-order valence-electron chi connectivity index (χ2n) is 11.3. The molecule has 0 spiro atoms. The van der Waals surface area contributed by atoms with Gasteiger partial charge in [-0.05, 0) is 79.4 Å². The molecule has 5 nitrogen and oxygen atoms in total. The molecule has 1 saturated heterocycles. The van der Waals surface area contributed by atoms with E-state index in [0.717, 1.165) is 18.4 Å². The summed E-state index contributed by atoms with van der Waals surface area (Å²) in [7, 11) is -0.663. The van der Waals surface area contributed by atoms with Crippen molar-refractivity contribution in [1.82, 2.24) is 4.90 Å². The molecular formula is C28H40BNO4. The maximum atomic E-state index is 13.7. The highest BCUT2D eigenvalue weighted by molar-refractivity contribution is 6.49. The fraction of sp³-hybridized carbons (Fsp3) is 0.536. The molecule has 0 aliphatic carbocycles. The molecule has 1 fully saturated rings. The van der Waals surface area contributed by atoms with Crippen LogP contribution in [0.3, 0.4) is 0 Å². The van der Waals surface area contributed by atoms with Gasteiger partial charge in [-0.2, -0.15) is 0 Å². The SMILES string of the molecule is CC(C)(C)OC(=O)N(CCCc1ccccc1)C(C)(B1OC(C)(C)C(C)(C)O1)c1ccccc1. The Morgan fingerprint density at radius 2 is 1.38 bits per heavy atom. The molecule has 1 aliphatic rings. The van der Waals surface area contributed by atoms with Crippen LogP contribution in [-0.2, 0) is 25.9 Å². The smallest absolute Gasteiger partial charge is 0.444 e. The molecule has 1 unspecified atom stereocenters. The van der Waals surface area contributed by atoms with Crippen molar-refractivity contribution in [1.29, 1.82) is 0 Å². The number of benzene rings is 2. The van der Waals surface area contributed by atoms with E-state index in [1.54, 1.807) is 4.90 Å². The Morgan fingerprint density at radius 1 is 0.882 bits per heavy atom. The summed E-state index contributed by atoms with van der Waals surface area (Å²) in [5, 5.41) is 0. The first-order valence-corrected chi connectivity index (χ1v) is 12.2. The van der Waals surface area contributed by atoms with Gasteiger partial charge in [-0.25, -0.2) is 4.79 Å². The van der Waals surface area contributed by atoms with E-state index in [9.17, 15) is 4.79 Å². The highest BCUT2D eigenvalue weighted by Crippen LogP contribution is 2.45. The molecule has 6 heteroatoms. The van der Waals surface area contributed by atoms with Gasteiger partial charge in [-0.3, -0.25) is 4.90 Å². The van der Waals surface area contributed by atoms with Crippen LogP contribution in [0.5, 0.6) is 0 Å². The summed E-state index contributed by atoms with van der Waals surface area (Å²) in [4.78, 5) is 15.5. The highest BCUT2D eigenvalue weighted by atomic mass is 16.7. The van der Waals surface area contributed by atoms with Gasteiger partial charge in [0.25, 0.3) is 0 Å². The minimum Gasteiger partial charge on any atom is -0.444 e. The lowest BCUT2D eigenvalue weighted by Crippen LogP contribution is -2.59. The first-order valence-electron chi connectivity index (χ1n) is 12.2. The minimum absolute atomic E-state index is 0.373. The maximum Gasteiger partial charge on any atom is 0.490 e. The average Bonchev–Trinajstić information content (AvgIpc) is 2.98. The van der Waals surface area contributed by atoms with E-state index in [0.29, 0.717) is 6.54 Å². The summed E-state index contributed by atoms with van der Waals surface area (Å²) in [5.74, 6) is 0. The van der Waals surface area contributed by atoms with Gasteiger partial charge in [-0.1, -0.05) is 60.7 Å². The number of nitrogens with zero attached hydrogens (tertiary/aromatic N) is 1. The van der Waals surface area contributed by atoms with Gasteiger partial charge in [-0.15, -0.1) is 0 Å². The zero-order chi connectivity index (χ0) is 25.2. The van der Waals surface area contributed by atoms with Crippen molar-refractivity contribution >= 4 is 13.2 Å². The molecule has 0 N–H and O–H groups in total. The molecule has 1 heterocycles. The Labute approximate surface area is 205 Å². The molecule has 2 aromatic rings. The lowest BCUT2D eigenvalue weighted by Gasteiger charge is -2.43. The van der Waals surface area contributed by atoms with Gasteiger partial charge < -0.3 is 14.0 Å². The fourth-order valence-electron chi connectivity index (χ4n) is 4.18. The quantitative estimate of drug-likeness (QED) is 0.444. The second-order valence-corrected chi connectivity index (χ2v) is 11.3. The number of hydrogen-bond acceptors (Lipinski definition) is 4. The molecule has 184 valence electrons. The summed E-state index contributed by atoms with van der Waals surface area (Å²) < 4.78 is 19.0. The topological polar surface area (TPSA) is 48.0 Å². The van der Waals surface area contributed by atoms with Crippen molar-refractivity contribution < 1.29 is 18.8 Å². The van der Waals surface area contributed by atoms with Crippen LogP contribution in [0, 0.1) is 0 Å². The summed E-state index contributed by atoms with van der Waals surface area (Å²) in [5.41, 5.74) is -0.398. The van der Waals surface area contributed by atoms with Crippen LogP contribution < -0.4 is 0 Å². The molecule has 0 aromatic heterocycles. The molecular weight excluding hydrogens is 425 g/mol. The number of aryl methyl sites for hydroxylation is 1. The largest absolute Gasteiger partial charge is 0.490 e. The standard InChI is InChI=1S/C28H40BNO4/c1-25(2,3)32-24(31)30(21-15-18-22-16-11-9-12-17-22)28(8,23-19-13-10-14-20-23)29-33-26(4,5)27(6,7)34-29/h9-14,16-17,19-20H,15,18,21H2,1-8H3. The molecule has 0 saturated carbocycles. The van der Waals surface area contributed by atoms with Crippen LogP contribution in [0.4, 0.5) is 4.79 Å². The van der Waals surface area contributed by atoms with Gasteiger partial charge in [0.05, 0.1) is 11.2 Å². The Bertz CT molecular complexity index is 939. The third-order valence-corrected chi connectivity index (χ3v) is 6.94. The summed E-state index contributed by atoms with van der Waals surface area (Å²) in [6.07, 6.45) is 1.26. The zero-order valence-electron chi connectivity index (χ0n) is 22.1. The molecule has 2 aromatic carbocycles. The van der Waals surface area contributed by atoms with E-state index in [1.807, 2.05) is 104 Å². The number of hydrogen-bond donors (Lipinski definition) is 0. The molecule has 0 bridgehead atoms. The first-order chi connectivity index (χ1) is 15.8. The third kappa shape index (κ3) is 5.67. The number of carbonyl (C=O) groups excluding carboxylic acids is 1. The predicted octanol–water partition coefficient (Wildman–Crippen LogP) is 6.40. The molecule has 1 atom stereocenters. The Hall–Kier alpha value is -2.31.